The fraction of sp³-hybridized carbons (Fsp3) is 0.312. The van der Waals surface area contributed by atoms with Crippen LogP contribution in [-0.2, 0) is 6.42 Å². The van der Waals surface area contributed by atoms with Gasteiger partial charge in [0.1, 0.15) is 13.2 Å². The molecule has 0 fully saturated rings. The quantitative estimate of drug-likeness (QED) is 0.931. The molecule has 0 saturated heterocycles. The number of aromatic nitrogens is 1. The van der Waals surface area contributed by atoms with E-state index < -0.39 is 6.10 Å². The van der Waals surface area contributed by atoms with Gasteiger partial charge in [-0.05, 0) is 36.2 Å². The van der Waals surface area contributed by atoms with Crippen molar-refractivity contribution in [2.24, 2.45) is 0 Å². The zero-order valence-electron chi connectivity index (χ0n) is 11.4. The van der Waals surface area contributed by atoms with Gasteiger partial charge >= 0.3 is 0 Å². The van der Waals surface area contributed by atoms with Gasteiger partial charge in [-0.25, -0.2) is 0 Å². The summed E-state index contributed by atoms with van der Waals surface area (Å²) >= 11 is 0. The Morgan fingerprint density at radius 3 is 2.80 bits per heavy atom. The minimum Gasteiger partial charge on any atom is -0.486 e. The van der Waals surface area contributed by atoms with Crippen molar-refractivity contribution in [2.45, 2.75) is 19.4 Å². The fourth-order valence-electron chi connectivity index (χ4n) is 2.30. The maximum Gasteiger partial charge on any atom is 0.161 e. The van der Waals surface area contributed by atoms with Crippen molar-refractivity contribution in [1.82, 2.24) is 4.98 Å². The lowest BCUT2D eigenvalue weighted by atomic mass is 10.0. The topological polar surface area (TPSA) is 51.6 Å². The Balaban J connectivity index is 1.80. The van der Waals surface area contributed by atoms with Gasteiger partial charge in [0.2, 0.25) is 0 Å². The molecule has 1 aliphatic rings. The van der Waals surface area contributed by atoms with Gasteiger partial charge in [0.25, 0.3) is 0 Å². The highest BCUT2D eigenvalue weighted by Crippen LogP contribution is 2.33. The van der Waals surface area contributed by atoms with Crippen LogP contribution in [0.1, 0.15) is 22.9 Å². The lowest BCUT2D eigenvalue weighted by molar-refractivity contribution is 0.164. The number of rotatable bonds is 3. The standard InChI is InChI=1S/C16H17NO3/c1-11-3-2-6-17-13(11)10-14(18)12-4-5-15-16(9-12)20-8-7-19-15/h2-6,9,14,18H,7-8,10H2,1H3. The van der Waals surface area contributed by atoms with Gasteiger partial charge in [-0.15, -0.1) is 0 Å². The third-order valence-electron chi connectivity index (χ3n) is 3.46. The van der Waals surface area contributed by atoms with Gasteiger partial charge in [-0.1, -0.05) is 12.1 Å². The molecule has 2 heterocycles. The number of pyridine rings is 1. The van der Waals surface area contributed by atoms with Crippen LogP contribution in [0, 0.1) is 6.92 Å². The van der Waals surface area contributed by atoms with Crippen LogP contribution in [0.3, 0.4) is 0 Å². The van der Waals surface area contributed by atoms with Crippen molar-refractivity contribution < 1.29 is 14.6 Å². The van der Waals surface area contributed by atoms with Crippen molar-refractivity contribution >= 4 is 0 Å². The molecule has 0 radical (unpaired) electrons. The van der Waals surface area contributed by atoms with E-state index in [4.69, 9.17) is 9.47 Å². The van der Waals surface area contributed by atoms with Crippen LogP contribution in [0.5, 0.6) is 11.5 Å². The molecule has 0 aliphatic carbocycles. The largest absolute Gasteiger partial charge is 0.486 e. The van der Waals surface area contributed by atoms with Crippen LogP contribution in [-0.4, -0.2) is 23.3 Å². The predicted octanol–water partition coefficient (Wildman–Crippen LogP) is 2.44. The van der Waals surface area contributed by atoms with E-state index in [0.717, 1.165) is 22.6 Å². The molecule has 4 nitrogen and oxygen atoms in total. The highest BCUT2D eigenvalue weighted by Gasteiger charge is 2.16. The van der Waals surface area contributed by atoms with E-state index in [2.05, 4.69) is 4.98 Å². The Labute approximate surface area is 118 Å². The predicted molar refractivity (Wildman–Crippen MR) is 75.1 cm³/mol. The number of aryl methyl sites for hydroxylation is 1. The Kier molecular flexibility index (Phi) is 3.56. The van der Waals surface area contributed by atoms with Crippen molar-refractivity contribution in [3.05, 3.63) is 53.3 Å². The SMILES string of the molecule is Cc1cccnc1CC(O)c1ccc2c(c1)OCCO2. The van der Waals surface area contributed by atoms with Crippen molar-refractivity contribution in [1.29, 1.82) is 0 Å². The van der Waals surface area contributed by atoms with Gasteiger partial charge in [0, 0.05) is 18.3 Å². The second-order valence-corrected chi connectivity index (χ2v) is 4.89. The number of hydrogen-bond donors (Lipinski definition) is 1. The molecule has 0 bridgehead atoms. The minimum absolute atomic E-state index is 0.492. The minimum atomic E-state index is -0.598. The molecule has 1 atom stereocenters. The molecule has 3 rings (SSSR count). The zero-order chi connectivity index (χ0) is 13.9. The number of fused-ring (bicyclic) bond motifs is 1. The number of aliphatic hydroxyl groups is 1. The number of benzene rings is 1. The monoisotopic (exact) mass is 271 g/mol. The molecule has 0 amide bonds. The first-order valence-corrected chi connectivity index (χ1v) is 6.72. The van der Waals surface area contributed by atoms with E-state index in [9.17, 15) is 5.11 Å². The third-order valence-corrected chi connectivity index (χ3v) is 3.46. The summed E-state index contributed by atoms with van der Waals surface area (Å²) in [5.41, 5.74) is 2.82. The summed E-state index contributed by atoms with van der Waals surface area (Å²) < 4.78 is 11.0. The molecule has 1 aliphatic heterocycles. The maximum absolute atomic E-state index is 10.4. The molecule has 0 spiro atoms. The molecule has 4 heteroatoms. The Hall–Kier alpha value is -2.07. The van der Waals surface area contributed by atoms with Crippen molar-refractivity contribution in [2.75, 3.05) is 13.2 Å². The summed E-state index contributed by atoms with van der Waals surface area (Å²) in [4.78, 5) is 4.32. The maximum atomic E-state index is 10.4. The first kappa shape index (κ1) is 12.9. The first-order chi connectivity index (χ1) is 9.74. The molecule has 2 aromatic rings. The molecule has 1 N–H and O–H groups in total. The Bertz CT molecular complexity index is 612. The van der Waals surface area contributed by atoms with Gasteiger partial charge in [-0.3, -0.25) is 4.98 Å². The van der Waals surface area contributed by atoms with E-state index >= 15 is 0 Å². The summed E-state index contributed by atoms with van der Waals surface area (Å²) in [6, 6.07) is 9.46. The molecule has 1 unspecified atom stereocenters. The molecule has 1 aromatic heterocycles. The molecule has 0 saturated carbocycles. The highest BCUT2D eigenvalue weighted by molar-refractivity contribution is 5.44. The number of ether oxygens (including phenoxy) is 2. The highest BCUT2D eigenvalue weighted by atomic mass is 16.6. The van der Waals surface area contributed by atoms with Crippen molar-refractivity contribution in [3.8, 4) is 11.5 Å². The molecule has 104 valence electrons. The zero-order valence-corrected chi connectivity index (χ0v) is 11.4. The van der Waals surface area contributed by atoms with Gasteiger partial charge < -0.3 is 14.6 Å². The number of hydrogen-bond acceptors (Lipinski definition) is 4. The van der Waals surface area contributed by atoms with Crippen LogP contribution in [0.15, 0.2) is 36.5 Å². The molecular weight excluding hydrogens is 254 g/mol. The average molecular weight is 271 g/mol. The molecule has 20 heavy (non-hydrogen) atoms. The summed E-state index contributed by atoms with van der Waals surface area (Å²) in [5.74, 6) is 1.44. The van der Waals surface area contributed by atoms with Gasteiger partial charge in [-0.2, -0.15) is 0 Å². The average Bonchev–Trinajstić information content (AvgIpc) is 2.49. The summed E-state index contributed by atoms with van der Waals surface area (Å²) in [7, 11) is 0. The molecule has 1 aromatic carbocycles. The number of nitrogens with zero attached hydrogens (tertiary/aromatic N) is 1. The lowest BCUT2D eigenvalue weighted by Gasteiger charge is -2.20. The van der Waals surface area contributed by atoms with E-state index in [0.29, 0.717) is 25.4 Å². The van der Waals surface area contributed by atoms with Crippen LogP contribution >= 0.6 is 0 Å². The third kappa shape index (κ3) is 2.60. The summed E-state index contributed by atoms with van der Waals surface area (Å²) in [6.07, 6.45) is 1.64. The first-order valence-electron chi connectivity index (χ1n) is 6.72. The number of aliphatic hydroxyl groups excluding tert-OH is 1. The summed E-state index contributed by atoms with van der Waals surface area (Å²) in [5, 5.41) is 10.4. The van der Waals surface area contributed by atoms with Crippen LogP contribution < -0.4 is 9.47 Å². The van der Waals surface area contributed by atoms with E-state index in [1.165, 1.54) is 0 Å². The summed E-state index contributed by atoms with van der Waals surface area (Å²) in [6.45, 7) is 3.12. The van der Waals surface area contributed by atoms with Gasteiger partial charge in [0.05, 0.1) is 6.10 Å². The second-order valence-electron chi connectivity index (χ2n) is 4.89. The Morgan fingerprint density at radius 1 is 1.20 bits per heavy atom. The van der Waals surface area contributed by atoms with E-state index in [1.807, 2.05) is 37.3 Å². The second kappa shape index (κ2) is 5.51. The van der Waals surface area contributed by atoms with E-state index in [1.54, 1.807) is 6.20 Å². The van der Waals surface area contributed by atoms with Crippen LogP contribution in [0.25, 0.3) is 0 Å². The smallest absolute Gasteiger partial charge is 0.161 e. The Morgan fingerprint density at radius 2 is 2.00 bits per heavy atom. The normalized spacial score (nSPS) is 14.9. The van der Waals surface area contributed by atoms with E-state index in [-0.39, 0.29) is 0 Å². The fourth-order valence-corrected chi connectivity index (χ4v) is 2.30. The molecular formula is C16H17NO3. The van der Waals surface area contributed by atoms with Gasteiger partial charge in [0.15, 0.2) is 11.5 Å². The van der Waals surface area contributed by atoms with Crippen molar-refractivity contribution in [3.63, 3.8) is 0 Å². The lowest BCUT2D eigenvalue weighted by Crippen LogP contribution is -2.15. The van der Waals surface area contributed by atoms with Crippen LogP contribution in [0.2, 0.25) is 0 Å². The van der Waals surface area contributed by atoms with Crippen LogP contribution in [0.4, 0.5) is 0 Å².